The van der Waals surface area contributed by atoms with Crippen LogP contribution in [0, 0.1) is 17.6 Å². The molecule has 178 valence electrons. The van der Waals surface area contributed by atoms with Crippen LogP contribution in [0.4, 0.5) is 14.7 Å². The maximum Gasteiger partial charge on any atom is 0.225 e. The summed E-state index contributed by atoms with van der Waals surface area (Å²) in [5.41, 5.74) is 1.43. The van der Waals surface area contributed by atoms with Gasteiger partial charge in [0.15, 0.2) is 0 Å². The van der Waals surface area contributed by atoms with Crippen molar-refractivity contribution in [1.29, 1.82) is 0 Å². The molecular formula is C25H32F2N4O2. The Balaban J connectivity index is 1.20. The predicted octanol–water partition coefficient (Wildman–Crippen LogP) is 4.09. The number of benzene rings is 1. The molecule has 6 nitrogen and oxygen atoms in total. The van der Waals surface area contributed by atoms with Gasteiger partial charge in [0, 0.05) is 43.3 Å². The van der Waals surface area contributed by atoms with Gasteiger partial charge < -0.3 is 20.1 Å². The van der Waals surface area contributed by atoms with Crippen molar-refractivity contribution in [3.8, 4) is 5.75 Å². The maximum absolute atomic E-state index is 14.5. The first-order valence-electron chi connectivity index (χ1n) is 11.8. The van der Waals surface area contributed by atoms with Crippen LogP contribution >= 0.6 is 0 Å². The fraction of sp³-hybridized carbons (Fsp3) is 0.520. The van der Waals surface area contributed by atoms with Crippen LogP contribution in [0.3, 0.4) is 0 Å². The third-order valence-corrected chi connectivity index (χ3v) is 6.49. The van der Waals surface area contributed by atoms with Crippen molar-refractivity contribution < 1.29 is 18.6 Å². The van der Waals surface area contributed by atoms with Crippen LogP contribution in [0.25, 0.3) is 5.70 Å². The highest BCUT2D eigenvalue weighted by Crippen LogP contribution is 2.29. The molecule has 2 aliphatic heterocycles. The van der Waals surface area contributed by atoms with Crippen molar-refractivity contribution >= 4 is 11.6 Å². The number of hydrogen-bond acceptors (Lipinski definition) is 6. The summed E-state index contributed by atoms with van der Waals surface area (Å²) in [7, 11) is 0. The molecule has 1 aromatic carbocycles. The van der Waals surface area contributed by atoms with Crippen molar-refractivity contribution in [3.05, 3.63) is 53.4 Å². The van der Waals surface area contributed by atoms with E-state index in [0.717, 1.165) is 56.7 Å². The average molecular weight is 459 g/mol. The number of nitrogens with one attached hydrogen (secondary N) is 1. The molecular weight excluding hydrogens is 426 g/mol. The second-order valence-corrected chi connectivity index (χ2v) is 8.81. The van der Waals surface area contributed by atoms with E-state index in [-0.39, 0.29) is 24.0 Å². The van der Waals surface area contributed by atoms with E-state index in [1.807, 2.05) is 12.4 Å². The van der Waals surface area contributed by atoms with Gasteiger partial charge in [0.1, 0.15) is 17.4 Å². The SMILES string of the molecule is CCc1cnc(N2CCC(CCCOc3cc(F)c(C4=CC[C@H](CO)N4)c(F)c3)CC2)nc1. The van der Waals surface area contributed by atoms with Gasteiger partial charge in [-0.2, -0.15) is 0 Å². The first-order valence-corrected chi connectivity index (χ1v) is 11.8. The normalized spacial score (nSPS) is 18.8. The van der Waals surface area contributed by atoms with Gasteiger partial charge >= 0.3 is 0 Å². The van der Waals surface area contributed by atoms with Gasteiger partial charge in [0.05, 0.1) is 24.8 Å². The number of aromatic nitrogens is 2. The molecule has 1 saturated heterocycles. The third kappa shape index (κ3) is 5.79. The van der Waals surface area contributed by atoms with Crippen molar-refractivity contribution in [3.63, 3.8) is 0 Å². The van der Waals surface area contributed by atoms with E-state index >= 15 is 0 Å². The third-order valence-electron chi connectivity index (χ3n) is 6.49. The number of piperidine rings is 1. The minimum Gasteiger partial charge on any atom is -0.493 e. The van der Waals surface area contributed by atoms with Crippen molar-refractivity contribution in [2.24, 2.45) is 5.92 Å². The maximum atomic E-state index is 14.5. The molecule has 0 amide bonds. The fourth-order valence-electron chi connectivity index (χ4n) is 4.46. The van der Waals surface area contributed by atoms with E-state index in [9.17, 15) is 13.9 Å². The highest BCUT2D eigenvalue weighted by molar-refractivity contribution is 5.67. The van der Waals surface area contributed by atoms with Crippen LogP contribution < -0.4 is 15.0 Å². The zero-order chi connectivity index (χ0) is 23.2. The highest BCUT2D eigenvalue weighted by atomic mass is 19.1. The summed E-state index contributed by atoms with van der Waals surface area (Å²) >= 11 is 0. The minimum absolute atomic E-state index is 0.0801. The molecule has 0 unspecified atom stereocenters. The number of halogens is 2. The number of aliphatic hydroxyl groups excluding tert-OH is 1. The van der Waals surface area contributed by atoms with E-state index in [4.69, 9.17) is 4.74 Å². The molecule has 0 spiro atoms. The van der Waals surface area contributed by atoms with Crippen molar-refractivity contribution in [2.75, 3.05) is 31.2 Å². The van der Waals surface area contributed by atoms with Crippen LogP contribution in [-0.4, -0.2) is 47.4 Å². The summed E-state index contributed by atoms with van der Waals surface area (Å²) in [6, 6.07) is 2.26. The summed E-state index contributed by atoms with van der Waals surface area (Å²) < 4.78 is 34.7. The lowest BCUT2D eigenvalue weighted by Crippen LogP contribution is -2.35. The molecule has 0 aliphatic carbocycles. The molecule has 1 atom stereocenters. The fourth-order valence-corrected chi connectivity index (χ4v) is 4.46. The van der Waals surface area contributed by atoms with Gasteiger partial charge in [0.2, 0.25) is 5.95 Å². The number of rotatable bonds is 9. The lowest BCUT2D eigenvalue weighted by Gasteiger charge is -2.32. The molecule has 8 heteroatoms. The van der Waals surface area contributed by atoms with Crippen LogP contribution in [-0.2, 0) is 6.42 Å². The van der Waals surface area contributed by atoms with Crippen LogP contribution in [0.5, 0.6) is 5.75 Å². The molecule has 0 bridgehead atoms. The lowest BCUT2D eigenvalue weighted by atomic mass is 9.92. The van der Waals surface area contributed by atoms with Gasteiger partial charge in [-0.3, -0.25) is 0 Å². The van der Waals surface area contributed by atoms with Gasteiger partial charge in [-0.1, -0.05) is 13.0 Å². The molecule has 3 heterocycles. The topological polar surface area (TPSA) is 70.5 Å². The van der Waals surface area contributed by atoms with Crippen molar-refractivity contribution in [1.82, 2.24) is 15.3 Å². The summed E-state index contributed by atoms with van der Waals surface area (Å²) in [5, 5.41) is 12.1. The summed E-state index contributed by atoms with van der Waals surface area (Å²) in [6.07, 6.45) is 11.0. The Morgan fingerprint density at radius 3 is 2.45 bits per heavy atom. The quantitative estimate of drug-likeness (QED) is 0.552. The molecule has 0 radical (unpaired) electrons. The second kappa shape index (κ2) is 10.9. The van der Waals surface area contributed by atoms with Crippen LogP contribution in [0.1, 0.15) is 50.2 Å². The Kier molecular flexibility index (Phi) is 7.75. The molecule has 4 rings (SSSR count). The molecule has 2 aromatic rings. The predicted molar refractivity (Wildman–Crippen MR) is 124 cm³/mol. The molecule has 0 saturated carbocycles. The highest BCUT2D eigenvalue weighted by Gasteiger charge is 2.23. The Hall–Kier alpha value is -2.74. The number of nitrogens with zero attached hydrogens (tertiary/aromatic N) is 3. The lowest BCUT2D eigenvalue weighted by molar-refractivity contribution is 0.259. The smallest absolute Gasteiger partial charge is 0.225 e. The van der Waals surface area contributed by atoms with Gasteiger partial charge in [-0.25, -0.2) is 18.7 Å². The standard InChI is InChI=1S/C25H32F2N4O2/c1-2-17-14-28-25(29-15-17)31-9-7-18(8-10-31)4-3-11-33-20-12-21(26)24(22(27)13-20)23-6-5-19(16-32)30-23/h6,12-15,18-19,30,32H,2-5,7-11,16H2,1H3/t19-/m1/s1. The van der Waals surface area contributed by atoms with Crippen LogP contribution in [0.15, 0.2) is 30.6 Å². The van der Waals surface area contributed by atoms with Gasteiger partial charge in [-0.15, -0.1) is 0 Å². The van der Waals surface area contributed by atoms with Crippen molar-refractivity contribution in [2.45, 2.75) is 51.5 Å². The summed E-state index contributed by atoms with van der Waals surface area (Å²) in [5.74, 6) is 0.286. The Morgan fingerprint density at radius 2 is 1.85 bits per heavy atom. The van der Waals surface area contributed by atoms with E-state index in [1.165, 1.54) is 12.1 Å². The second-order valence-electron chi connectivity index (χ2n) is 8.81. The monoisotopic (exact) mass is 458 g/mol. The molecule has 1 fully saturated rings. The van der Waals surface area contributed by atoms with Gasteiger partial charge in [0.25, 0.3) is 0 Å². The van der Waals surface area contributed by atoms with E-state index in [2.05, 4.69) is 27.1 Å². The first-order chi connectivity index (χ1) is 16.1. The minimum atomic E-state index is -0.663. The zero-order valence-electron chi connectivity index (χ0n) is 19.1. The summed E-state index contributed by atoms with van der Waals surface area (Å²) in [6.45, 7) is 4.32. The average Bonchev–Trinajstić information content (AvgIpc) is 3.31. The molecule has 33 heavy (non-hydrogen) atoms. The van der Waals surface area contributed by atoms with E-state index < -0.39 is 11.6 Å². The van der Waals surface area contributed by atoms with Gasteiger partial charge in [-0.05, 0) is 50.0 Å². The van der Waals surface area contributed by atoms with E-state index in [1.54, 1.807) is 6.08 Å². The Morgan fingerprint density at radius 1 is 1.15 bits per heavy atom. The number of anilines is 1. The Bertz CT molecular complexity index is 936. The van der Waals surface area contributed by atoms with Crippen LogP contribution in [0.2, 0.25) is 0 Å². The molecule has 2 N–H and O–H groups in total. The molecule has 1 aromatic heterocycles. The number of hydrogen-bond donors (Lipinski definition) is 2. The number of ether oxygens (including phenoxy) is 1. The van der Waals surface area contributed by atoms with E-state index in [0.29, 0.717) is 24.6 Å². The summed E-state index contributed by atoms with van der Waals surface area (Å²) in [4.78, 5) is 11.2. The zero-order valence-corrected chi connectivity index (χ0v) is 19.1. The first kappa shape index (κ1) is 23.4. The number of aryl methyl sites for hydroxylation is 1. The molecule has 2 aliphatic rings. The Labute approximate surface area is 193 Å². The largest absolute Gasteiger partial charge is 0.493 e. The number of aliphatic hydroxyl groups is 1.